The summed E-state index contributed by atoms with van der Waals surface area (Å²) in [6, 6.07) is 0. The number of likely N-dealkylation sites (tertiary alicyclic amines) is 1. The molecule has 1 unspecified atom stereocenters. The van der Waals surface area contributed by atoms with Crippen molar-refractivity contribution in [3.8, 4) is 0 Å². The first-order valence-corrected chi connectivity index (χ1v) is 4.09. The van der Waals surface area contributed by atoms with E-state index in [1.807, 2.05) is 0 Å². The minimum Gasteiger partial charge on any atom is -0.380 e. The third-order valence-electron chi connectivity index (χ3n) is 2.10. The van der Waals surface area contributed by atoms with Crippen LogP contribution in [0.25, 0.3) is 10.4 Å². The summed E-state index contributed by atoms with van der Waals surface area (Å²) in [6.45, 7) is 1.21. The summed E-state index contributed by atoms with van der Waals surface area (Å²) in [4.78, 5) is 15.5. The Bertz CT molecular complexity index is 237. The van der Waals surface area contributed by atoms with Gasteiger partial charge in [-0.25, -0.2) is 0 Å². The Labute approximate surface area is 76.1 Å². The second-order valence-electron chi connectivity index (χ2n) is 2.88. The quantitative estimate of drug-likeness (QED) is 0.364. The Morgan fingerprint density at radius 2 is 2.62 bits per heavy atom. The van der Waals surface area contributed by atoms with Crippen LogP contribution in [0.4, 0.5) is 0 Å². The van der Waals surface area contributed by atoms with Crippen molar-refractivity contribution in [2.24, 2.45) is 5.11 Å². The Morgan fingerprint density at radius 3 is 3.15 bits per heavy atom. The number of carbonyl (C=O) groups is 1. The number of hydrogen-bond donors (Lipinski definition) is 0. The van der Waals surface area contributed by atoms with Crippen LogP contribution in [0, 0.1) is 0 Å². The summed E-state index contributed by atoms with van der Waals surface area (Å²) in [5, 5.41) is 3.22. The molecule has 1 saturated heterocycles. The van der Waals surface area contributed by atoms with Gasteiger partial charge in [0.05, 0.1) is 6.10 Å². The van der Waals surface area contributed by atoms with E-state index in [0.29, 0.717) is 13.1 Å². The lowest BCUT2D eigenvalue weighted by molar-refractivity contribution is -0.129. The first-order valence-electron chi connectivity index (χ1n) is 4.09. The number of ether oxygens (including phenoxy) is 1. The molecule has 1 aliphatic rings. The molecule has 0 saturated carbocycles. The lowest BCUT2D eigenvalue weighted by atomic mass is 10.3. The van der Waals surface area contributed by atoms with Gasteiger partial charge in [-0.05, 0) is 12.0 Å². The summed E-state index contributed by atoms with van der Waals surface area (Å²) in [6.07, 6.45) is 0.994. The standard InChI is InChI=1S/C7H12N4O2/c1-13-6-2-3-11(5-6)7(12)4-9-10-8/h6H,2-5H2,1H3. The lowest BCUT2D eigenvalue weighted by Gasteiger charge is -2.14. The zero-order valence-corrected chi connectivity index (χ0v) is 7.51. The van der Waals surface area contributed by atoms with Crippen molar-refractivity contribution in [1.29, 1.82) is 0 Å². The summed E-state index contributed by atoms with van der Waals surface area (Å²) in [7, 11) is 1.63. The summed E-state index contributed by atoms with van der Waals surface area (Å²) in [5.74, 6) is -0.127. The average molecular weight is 184 g/mol. The highest BCUT2D eigenvalue weighted by molar-refractivity contribution is 5.78. The molecule has 0 aromatic carbocycles. The van der Waals surface area contributed by atoms with Gasteiger partial charge in [-0.1, -0.05) is 5.11 Å². The van der Waals surface area contributed by atoms with Crippen LogP contribution in [0.5, 0.6) is 0 Å². The number of methoxy groups -OCH3 is 1. The fourth-order valence-corrected chi connectivity index (χ4v) is 1.34. The summed E-state index contributed by atoms with van der Waals surface area (Å²) in [5.41, 5.74) is 8.02. The molecule has 1 atom stereocenters. The highest BCUT2D eigenvalue weighted by atomic mass is 16.5. The van der Waals surface area contributed by atoms with Crippen molar-refractivity contribution in [1.82, 2.24) is 4.90 Å². The molecule has 0 N–H and O–H groups in total. The predicted octanol–water partition coefficient (Wildman–Crippen LogP) is 0.544. The van der Waals surface area contributed by atoms with Crippen LogP contribution in [0.15, 0.2) is 5.11 Å². The van der Waals surface area contributed by atoms with Crippen molar-refractivity contribution in [2.45, 2.75) is 12.5 Å². The van der Waals surface area contributed by atoms with Crippen molar-refractivity contribution in [3.63, 3.8) is 0 Å². The molecule has 0 radical (unpaired) electrons. The minimum absolute atomic E-state index is 0.0903. The van der Waals surface area contributed by atoms with E-state index in [-0.39, 0.29) is 18.6 Å². The molecule has 13 heavy (non-hydrogen) atoms. The van der Waals surface area contributed by atoms with E-state index in [4.69, 9.17) is 10.3 Å². The normalized spacial score (nSPS) is 21.3. The average Bonchev–Trinajstić information content (AvgIpc) is 2.62. The molecule has 1 amide bonds. The maximum absolute atomic E-state index is 11.3. The van der Waals surface area contributed by atoms with Gasteiger partial charge in [0, 0.05) is 25.1 Å². The van der Waals surface area contributed by atoms with Gasteiger partial charge in [-0.2, -0.15) is 0 Å². The highest BCUT2D eigenvalue weighted by Gasteiger charge is 2.24. The van der Waals surface area contributed by atoms with Gasteiger partial charge in [0.2, 0.25) is 5.91 Å². The summed E-state index contributed by atoms with van der Waals surface area (Å²) < 4.78 is 5.10. The first-order chi connectivity index (χ1) is 6.27. The number of hydrogen-bond acceptors (Lipinski definition) is 3. The monoisotopic (exact) mass is 184 g/mol. The molecule has 6 nitrogen and oxygen atoms in total. The molecule has 0 aliphatic carbocycles. The Kier molecular flexibility index (Phi) is 3.54. The fraction of sp³-hybridized carbons (Fsp3) is 0.857. The van der Waals surface area contributed by atoms with Crippen LogP contribution in [-0.4, -0.2) is 43.7 Å². The zero-order chi connectivity index (χ0) is 9.68. The van der Waals surface area contributed by atoms with E-state index in [2.05, 4.69) is 10.0 Å². The molecule has 1 fully saturated rings. The molecular formula is C7H12N4O2. The maximum atomic E-state index is 11.3. The topological polar surface area (TPSA) is 78.3 Å². The van der Waals surface area contributed by atoms with Crippen LogP contribution in [0.1, 0.15) is 6.42 Å². The van der Waals surface area contributed by atoms with Crippen LogP contribution in [-0.2, 0) is 9.53 Å². The maximum Gasteiger partial charge on any atom is 0.228 e. The van der Waals surface area contributed by atoms with Crippen molar-refractivity contribution < 1.29 is 9.53 Å². The predicted molar refractivity (Wildman–Crippen MR) is 46.0 cm³/mol. The lowest BCUT2D eigenvalue weighted by Crippen LogP contribution is -2.31. The molecule has 1 aliphatic heterocycles. The Morgan fingerprint density at radius 1 is 1.85 bits per heavy atom. The molecule has 0 bridgehead atoms. The van der Waals surface area contributed by atoms with E-state index >= 15 is 0 Å². The van der Waals surface area contributed by atoms with Gasteiger partial charge in [0.1, 0.15) is 6.54 Å². The second kappa shape index (κ2) is 4.69. The fourth-order valence-electron chi connectivity index (χ4n) is 1.34. The SMILES string of the molecule is COC1CCN(C(=O)CN=[N+]=[N-])C1. The van der Waals surface area contributed by atoms with E-state index in [1.54, 1.807) is 12.0 Å². The van der Waals surface area contributed by atoms with Crippen molar-refractivity contribution >= 4 is 5.91 Å². The largest absolute Gasteiger partial charge is 0.380 e. The number of amides is 1. The van der Waals surface area contributed by atoms with Gasteiger partial charge in [-0.3, -0.25) is 4.79 Å². The molecule has 0 aromatic heterocycles. The number of carbonyl (C=O) groups excluding carboxylic acids is 1. The summed E-state index contributed by atoms with van der Waals surface area (Å²) >= 11 is 0. The van der Waals surface area contributed by atoms with Gasteiger partial charge < -0.3 is 9.64 Å². The minimum atomic E-state index is -0.127. The van der Waals surface area contributed by atoms with E-state index in [0.717, 1.165) is 6.42 Å². The first kappa shape index (κ1) is 9.83. The highest BCUT2D eigenvalue weighted by Crippen LogP contribution is 2.11. The van der Waals surface area contributed by atoms with E-state index < -0.39 is 0 Å². The van der Waals surface area contributed by atoms with Crippen LogP contribution in [0.3, 0.4) is 0 Å². The Hall–Kier alpha value is -1.26. The second-order valence-corrected chi connectivity index (χ2v) is 2.88. The van der Waals surface area contributed by atoms with Crippen LogP contribution >= 0.6 is 0 Å². The van der Waals surface area contributed by atoms with Gasteiger partial charge in [-0.15, -0.1) is 0 Å². The molecule has 6 heteroatoms. The molecule has 0 spiro atoms. The van der Waals surface area contributed by atoms with Crippen LogP contribution in [0.2, 0.25) is 0 Å². The van der Waals surface area contributed by atoms with Gasteiger partial charge in [0.15, 0.2) is 0 Å². The Balaban J connectivity index is 2.37. The van der Waals surface area contributed by atoms with Crippen molar-refractivity contribution in [3.05, 3.63) is 10.4 Å². The van der Waals surface area contributed by atoms with E-state index in [1.165, 1.54) is 0 Å². The van der Waals surface area contributed by atoms with Crippen LogP contribution < -0.4 is 0 Å². The third kappa shape index (κ3) is 2.61. The smallest absolute Gasteiger partial charge is 0.228 e. The number of nitrogens with zero attached hydrogens (tertiary/aromatic N) is 4. The zero-order valence-electron chi connectivity index (χ0n) is 7.51. The molecule has 1 heterocycles. The molecule has 1 rings (SSSR count). The third-order valence-corrected chi connectivity index (χ3v) is 2.10. The molecule has 72 valence electrons. The number of azide groups is 1. The van der Waals surface area contributed by atoms with Gasteiger partial charge in [0.25, 0.3) is 0 Å². The number of rotatable bonds is 3. The molecular weight excluding hydrogens is 172 g/mol. The molecule has 0 aromatic rings. The van der Waals surface area contributed by atoms with Gasteiger partial charge >= 0.3 is 0 Å². The van der Waals surface area contributed by atoms with E-state index in [9.17, 15) is 4.79 Å². The van der Waals surface area contributed by atoms with Crippen molar-refractivity contribution in [2.75, 3.05) is 26.7 Å².